The van der Waals surface area contributed by atoms with Crippen molar-refractivity contribution in [1.29, 1.82) is 5.26 Å². The summed E-state index contributed by atoms with van der Waals surface area (Å²) in [5.74, 6) is 0.163. The van der Waals surface area contributed by atoms with E-state index in [2.05, 4.69) is 10.8 Å². The number of ether oxygens (including phenoxy) is 1. The van der Waals surface area contributed by atoms with Crippen LogP contribution in [0.3, 0.4) is 0 Å². The Labute approximate surface area is 172 Å². The lowest BCUT2D eigenvalue weighted by Gasteiger charge is -2.17. The van der Waals surface area contributed by atoms with Crippen LogP contribution in [-0.2, 0) is 16.6 Å². The van der Waals surface area contributed by atoms with Crippen LogP contribution >= 0.6 is 0 Å². The fourth-order valence-corrected chi connectivity index (χ4v) is 5.53. The van der Waals surface area contributed by atoms with Crippen LogP contribution in [0.2, 0.25) is 0 Å². The molecule has 4 rings (SSSR count). The van der Waals surface area contributed by atoms with Gasteiger partial charge in [-0.25, -0.2) is 8.42 Å². The number of nitrogens with zero attached hydrogens (tertiary/aromatic N) is 3. The minimum Gasteiger partial charge on any atom is -0.435 e. The molecule has 1 aliphatic rings. The zero-order chi connectivity index (χ0) is 21.5. The highest BCUT2D eigenvalue weighted by atomic mass is 32.2. The zero-order valence-electron chi connectivity index (χ0n) is 16.2. The summed E-state index contributed by atoms with van der Waals surface area (Å²) in [5, 5.41) is 10.4. The summed E-state index contributed by atoms with van der Waals surface area (Å²) < 4.78 is 57.3. The Kier molecular flexibility index (Phi) is 5.12. The smallest absolute Gasteiger partial charge is 0.387 e. The molecule has 0 aliphatic carbocycles. The van der Waals surface area contributed by atoms with E-state index in [1.165, 1.54) is 16.4 Å². The first-order valence-electron chi connectivity index (χ1n) is 9.47. The van der Waals surface area contributed by atoms with Gasteiger partial charge < -0.3 is 9.30 Å². The summed E-state index contributed by atoms with van der Waals surface area (Å²) >= 11 is 0. The molecule has 1 aromatic heterocycles. The molecular formula is C21H19F2N3O3S. The third kappa shape index (κ3) is 3.37. The number of aromatic nitrogens is 1. The molecule has 0 spiro atoms. The molecule has 1 aliphatic heterocycles. The Hall–Kier alpha value is -3.12. The van der Waals surface area contributed by atoms with Gasteiger partial charge in [-0.15, -0.1) is 0 Å². The average Bonchev–Trinajstić information content (AvgIpc) is 3.23. The number of rotatable bonds is 5. The number of nitriles is 1. The van der Waals surface area contributed by atoms with Crippen molar-refractivity contribution in [3.63, 3.8) is 0 Å². The molecule has 0 atom stereocenters. The third-order valence-electron chi connectivity index (χ3n) is 5.22. The molecule has 156 valence electrons. The van der Waals surface area contributed by atoms with Crippen LogP contribution in [0.4, 0.5) is 14.5 Å². The van der Waals surface area contributed by atoms with E-state index in [-0.39, 0.29) is 11.5 Å². The molecule has 0 N–H and O–H groups in total. The van der Waals surface area contributed by atoms with Crippen molar-refractivity contribution in [2.75, 3.05) is 16.6 Å². The van der Waals surface area contributed by atoms with Crippen LogP contribution in [-0.4, -0.2) is 31.9 Å². The number of sulfonamides is 1. The minimum absolute atomic E-state index is 0.0235. The molecule has 1 fully saturated rings. The molecule has 0 radical (unpaired) electrons. The zero-order valence-corrected chi connectivity index (χ0v) is 17.0. The highest BCUT2D eigenvalue weighted by molar-refractivity contribution is 7.93. The Morgan fingerprint density at radius 3 is 2.50 bits per heavy atom. The summed E-state index contributed by atoms with van der Waals surface area (Å²) in [6.45, 7) is -0.0753. The summed E-state index contributed by atoms with van der Waals surface area (Å²) in [5.41, 5.74) is 3.02. The standard InChI is InChI=1S/C21H19F2N3O3S/c1-2-25-19-12-16(29-21(22)23)8-9-17(19)18(13-24)20(25)14-4-6-15(7-5-14)26-10-3-11-30(26,27)28/h4-9,12,21H,2-3,10-11H2,1H3. The molecule has 0 amide bonds. The van der Waals surface area contributed by atoms with Gasteiger partial charge >= 0.3 is 6.61 Å². The Balaban J connectivity index is 1.83. The van der Waals surface area contributed by atoms with Crippen LogP contribution in [0, 0.1) is 11.3 Å². The summed E-state index contributed by atoms with van der Waals surface area (Å²) in [6.07, 6.45) is 0.593. The van der Waals surface area contributed by atoms with E-state index < -0.39 is 16.6 Å². The van der Waals surface area contributed by atoms with Crippen LogP contribution in [0.1, 0.15) is 18.9 Å². The molecule has 1 saturated heterocycles. The van der Waals surface area contributed by atoms with Crippen molar-refractivity contribution >= 4 is 26.6 Å². The van der Waals surface area contributed by atoms with Crippen LogP contribution in [0.15, 0.2) is 42.5 Å². The molecule has 3 aromatic rings. The minimum atomic E-state index is -3.28. The van der Waals surface area contributed by atoms with Gasteiger partial charge in [-0.1, -0.05) is 12.1 Å². The second kappa shape index (κ2) is 7.61. The largest absolute Gasteiger partial charge is 0.435 e. The molecule has 2 aromatic carbocycles. The molecule has 0 saturated carbocycles. The maximum Gasteiger partial charge on any atom is 0.387 e. The first-order chi connectivity index (χ1) is 14.4. The highest BCUT2D eigenvalue weighted by Gasteiger charge is 2.28. The van der Waals surface area contributed by atoms with E-state index in [0.29, 0.717) is 47.4 Å². The maximum atomic E-state index is 12.6. The van der Waals surface area contributed by atoms with E-state index in [1.807, 2.05) is 11.5 Å². The normalized spacial score (nSPS) is 15.6. The topological polar surface area (TPSA) is 75.3 Å². The fourth-order valence-electron chi connectivity index (χ4n) is 3.96. The van der Waals surface area contributed by atoms with Gasteiger partial charge in [-0.05, 0) is 43.2 Å². The van der Waals surface area contributed by atoms with E-state index in [0.717, 1.165) is 5.56 Å². The van der Waals surface area contributed by atoms with Gasteiger partial charge in [0, 0.05) is 24.5 Å². The molecule has 2 heterocycles. The van der Waals surface area contributed by atoms with E-state index in [9.17, 15) is 22.5 Å². The van der Waals surface area contributed by atoms with E-state index >= 15 is 0 Å². The Morgan fingerprint density at radius 2 is 1.93 bits per heavy atom. The second-order valence-electron chi connectivity index (χ2n) is 6.93. The number of benzene rings is 2. The Morgan fingerprint density at radius 1 is 1.20 bits per heavy atom. The van der Waals surface area contributed by atoms with Crippen molar-refractivity contribution in [3.8, 4) is 23.1 Å². The van der Waals surface area contributed by atoms with Crippen LogP contribution in [0.5, 0.6) is 5.75 Å². The number of hydrogen-bond acceptors (Lipinski definition) is 4. The predicted octanol–water partition coefficient (Wildman–Crippen LogP) is 4.34. The SMILES string of the molecule is CCn1c(-c2ccc(N3CCCS3(=O)=O)cc2)c(C#N)c2ccc(OC(F)F)cc21. The summed E-state index contributed by atoms with van der Waals surface area (Å²) in [7, 11) is -3.28. The third-order valence-corrected chi connectivity index (χ3v) is 7.09. The molecule has 0 unspecified atom stereocenters. The lowest BCUT2D eigenvalue weighted by molar-refractivity contribution is -0.0497. The van der Waals surface area contributed by atoms with Crippen LogP contribution in [0.25, 0.3) is 22.2 Å². The lowest BCUT2D eigenvalue weighted by Crippen LogP contribution is -2.24. The van der Waals surface area contributed by atoms with Gasteiger partial charge in [0.25, 0.3) is 0 Å². The fraction of sp³-hybridized carbons (Fsp3) is 0.286. The number of anilines is 1. The number of alkyl halides is 2. The average molecular weight is 431 g/mol. The number of fused-ring (bicyclic) bond motifs is 1. The molecular weight excluding hydrogens is 412 g/mol. The van der Waals surface area contributed by atoms with Gasteiger partial charge in [-0.2, -0.15) is 14.0 Å². The van der Waals surface area contributed by atoms with E-state index in [1.54, 1.807) is 30.3 Å². The second-order valence-corrected chi connectivity index (χ2v) is 8.94. The molecule has 9 heteroatoms. The number of halogens is 2. The van der Waals surface area contributed by atoms with Crippen molar-refractivity contribution in [2.24, 2.45) is 0 Å². The van der Waals surface area contributed by atoms with Crippen LogP contribution < -0.4 is 9.04 Å². The van der Waals surface area contributed by atoms with Crippen molar-refractivity contribution < 1.29 is 21.9 Å². The molecule has 0 bridgehead atoms. The van der Waals surface area contributed by atoms with Gasteiger partial charge in [0.2, 0.25) is 10.0 Å². The van der Waals surface area contributed by atoms with Gasteiger partial charge in [0.15, 0.2) is 0 Å². The van der Waals surface area contributed by atoms with Gasteiger partial charge in [0.1, 0.15) is 11.8 Å². The number of aryl methyl sites for hydroxylation is 1. The molecule has 30 heavy (non-hydrogen) atoms. The quantitative estimate of drug-likeness (QED) is 0.602. The van der Waals surface area contributed by atoms with Gasteiger partial charge in [-0.3, -0.25) is 4.31 Å². The monoisotopic (exact) mass is 431 g/mol. The first-order valence-corrected chi connectivity index (χ1v) is 11.1. The van der Waals surface area contributed by atoms with Crippen molar-refractivity contribution in [2.45, 2.75) is 26.5 Å². The maximum absolute atomic E-state index is 12.6. The first kappa shape index (κ1) is 20.2. The lowest BCUT2D eigenvalue weighted by atomic mass is 10.1. The van der Waals surface area contributed by atoms with E-state index in [4.69, 9.17) is 0 Å². The number of hydrogen-bond donors (Lipinski definition) is 0. The molecule has 6 nitrogen and oxygen atoms in total. The Bertz CT molecular complexity index is 1250. The highest BCUT2D eigenvalue weighted by Crippen LogP contribution is 2.36. The van der Waals surface area contributed by atoms with Crippen molar-refractivity contribution in [3.05, 3.63) is 48.0 Å². The predicted molar refractivity (Wildman–Crippen MR) is 110 cm³/mol. The summed E-state index contributed by atoms with van der Waals surface area (Å²) in [4.78, 5) is 0. The summed E-state index contributed by atoms with van der Waals surface area (Å²) in [6, 6.07) is 13.7. The van der Waals surface area contributed by atoms with Crippen molar-refractivity contribution in [1.82, 2.24) is 4.57 Å². The van der Waals surface area contributed by atoms with Gasteiger partial charge in [0.05, 0.1) is 28.2 Å².